The minimum atomic E-state index is -0.555. The van der Waals surface area contributed by atoms with E-state index in [1.54, 1.807) is 7.11 Å². The summed E-state index contributed by atoms with van der Waals surface area (Å²) in [6, 6.07) is 25.0. The van der Waals surface area contributed by atoms with Crippen molar-refractivity contribution in [2.75, 3.05) is 33.4 Å². The van der Waals surface area contributed by atoms with Crippen molar-refractivity contribution in [1.29, 1.82) is 0 Å². The number of hydrogen-bond acceptors (Lipinski definition) is 6. The molecule has 2 heterocycles. The molecule has 0 saturated carbocycles. The van der Waals surface area contributed by atoms with E-state index in [0.29, 0.717) is 19.8 Å². The first-order chi connectivity index (χ1) is 19.8. The summed E-state index contributed by atoms with van der Waals surface area (Å²) in [6.45, 7) is 8.97. The van der Waals surface area contributed by atoms with Gasteiger partial charge in [-0.25, -0.2) is 4.79 Å². The highest BCUT2D eigenvalue weighted by molar-refractivity contribution is 5.68. The highest BCUT2D eigenvalue weighted by Crippen LogP contribution is 2.44. The number of alkyl carbamates (subject to hydrolysis) is 1. The van der Waals surface area contributed by atoms with Crippen molar-refractivity contribution in [3.63, 3.8) is 0 Å². The van der Waals surface area contributed by atoms with Gasteiger partial charge in [0.25, 0.3) is 0 Å². The quantitative estimate of drug-likeness (QED) is 0.312. The van der Waals surface area contributed by atoms with Crippen molar-refractivity contribution in [3.8, 4) is 11.5 Å². The Morgan fingerprint density at radius 1 is 0.976 bits per heavy atom. The molecule has 1 saturated heterocycles. The Morgan fingerprint density at radius 2 is 1.71 bits per heavy atom. The smallest absolute Gasteiger partial charge is 0.407 e. The molecule has 1 fully saturated rings. The third-order valence-electron chi connectivity index (χ3n) is 7.81. The maximum absolute atomic E-state index is 12.9. The molecule has 0 bridgehead atoms. The number of methoxy groups -OCH3 is 1. The van der Waals surface area contributed by atoms with Crippen LogP contribution in [0.3, 0.4) is 0 Å². The minimum Gasteiger partial charge on any atom is -0.493 e. The van der Waals surface area contributed by atoms with Gasteiger partial charge in [-0.05, 0) is 68.0 Å². The Balaban J connectivity index is 1.30. The van der Waals surface area contributed by atoms with E-state index in [9.17, 15) is 4.79 Å². The fraction of sp³-hybridized carbons (Fsp3) is 0.441. The van der Waals surface area contributed by atoms with Gasteiger partial charge in [-0.15, -0.1) is 0 Å². The average molecular weight is 559 g/mol. The molecule has 3 aromatic carbocycles. The van der Waals surface area contributed by atoms with Gasteiger partial charge in [-0.1, -0.05) is 60.7 Å². The molecule has 3 unspecified atom stereocenters. The monoisotopic (exact) mass is 558 g/mol. The van der Waals surface area contributed by atoms with Crippen LogP contribution in [-0.2, 0) is 22.5 Å². The Labute approximate surface area is 243 Å². The van der Waals surface area contributed by atoms with E-state index in [-0.39, 0.29) is 24.1 Å². The zero-order chi connectivity index (χ0) is 28.8. The van der Waals surface area contributed by atoms with Gasteiger partial charge in [0.05, 0.1) is 20.3 Å². The summed E-state index contributed by atoms with van der Waals surface area (Å²) < 4.78 is 23.4. The van der Waals surface area contributed by atoms with Gasteiger partial charge in [0.2, 0.25) is 0 Å². The molecule has 0 aromatic heterocycles. The van der Waals surface area contributed by atoms with Crippen LogP contribution in [0.4, 0.5) is 4.79 Å². The van der Waals surface area contributed by atoms with E-state index in [4.69, 9.17) is 18.9 Å². The molecular weight excluding hydrogens is 516 g/mol. The van der Waals surface area contributed by atoms with Crippen LogP contribution in [0.2, 0.25) is 0 Å². The molecule has 7 heteroatoms. The summed E-state index contributed by atoms with van der Waals surface area (Å²) in [5.41, 5.74) is 4.32. The third-order valence-corrected chi connectivity index (χ3v) is 7.81. The van der Waals surface area contributed by atoms with Gasteiger partial charge in [-0.2, -0.15) is 0 Å². The second kappa shape index (κ2) is 13.0. The van der Waals surface area contributed by atoms with Crippen LogP contribution in [0.25, 0.3) is 0 Å². The molecule has 0 aliphatic carbocycles. The SMILES string of the molecule is COc1cc2c(cc1OCCOCc1ccccc1)CCN1CC(c3ccccc3)C(NC(=O)OC(C)(C)C)CC21. The molecular formula is C34H42N2O5. The predicted octanol–water partition coefficient (Wildman–Crippen LogP) is 6.27. The summed E-state index contributed by atoms with van der Waals surface area (Å²) >= 11 is 0. The number of carbonyl (C=O) groups is 1. The van der Waals surface area contributed by atoms with Crippen LogP contribution in [0.1, 0.15) is 61.4 Å². The van der Waals surface area contributed by atoms with E-state index in [1.165, 1.54) is 16.7 Å². The van der Waals surface area contributed by atoms with Crippen LogP contribution in [0.15, 0.2) is 72.8 Å². The number of ether oxygens (including phenoxy) is 4. The highest BCUT2D eigenvalue weighted by atomic mass is 16.6. The van der Waals surface area contributed by atoms with Gasteiger partial charge < -0.3 is 24.3 Å². The maximum atomic E-state index is 12.9. The summed E-state index contributed by atoms with van der Waals surface area (Å²) in [6.07, 6.45) is 1.34. The minimum absolute atomic E-state index is 0.0665. The van der Waals surface area contributed by atoms with Crippen LogP contribution in [0.5, 0.6) is 11.5 Å². The third kappa shape index (κ3) is 7.40. The van der Waals surface area contributed by atoms with Gasteiger partial charge in [-0.3, -0.25) is 4.90 Å². The van der Waals surface area contributed by atoms with Crippen molar-refractivity contribution in [3.05, 3.63) is 95.1 Å². The van der Waals surface area contributed by atoms with Crippen molar-refractivity contribution >= 4 is 6.09 Å². The topological polar surface area (TPSA) is 69.3 Å². The lowest BCUT2D eigenvalue weighted by molar-refractivity contribution is 0.0413. The largest absolute Gasteiger partial charge is 0.493 e. The molecule has 5 rings (SSSR count). The molecule has 218 valence electrons. The maximum Gasteiger partial charge on any atom is 0.407 e. The number of piperidine rings is 1. The second-order valence-corrected chi connectivity index (χ2v) is 11.9. The normalized spacial score (nSPS) is 20.4. The summed E-state index contributed by atoms with van der Waals surface area (Å²) in [5, 5.41) is 3.22. The average Bonchev–Trinajstić information content (AvgIpc) is 2.96. The Morgan fingerprint density at radius 3 is 2.41 bits per heavy atom. The standard InChI is InChI=1S/C34H42N2O5/c1-34(2,3)41-33(37)35-29-21-30-27-20-31(38-4)32(40-18-17-39-23-24-11-7-5-8-12-24)19-26(27)15-16-36(30)22-28(29)25-13-9-6-10-14-25/h5-14,19-20,28-30H,15-18,21-23H2,1-4H3,(H,35,37). The zero-order valence-electron chi connectivity index (χ0n) is 24.6. The Bertz CT molecular complexity index is 1290. The van der Waals surface area contributed by atoms with Crippen LogP contribution >= 0.6 is 0 Å². The summed E-state index contributed by atoms with van der Waals surface area (Å²) in [4.78, 5) is 15.4. The first kappa shape index (κ1) is 29.0. The van der Waals surface area contributed by atoms with Crippen molar-refractivity contribution in [2.45, 2.75) is 63.8 Å². The summed E-state index contributed by atoms with van der Waals surface area (Å²) in [7, 11) is 1.68. The molecule has 0 spiro atoms. The van der Waals surface area contributed by atoms with E-state index in [1.807, 2.05) is 45.0 Å². The lowest BCUT2D eigenvalue weighted by atomic mass is 9.78. The molecule has 0 radical (unpaired) electrons. The van der Waals surface area contributed by atoms with Crippen molar-refractivity contribution < 1.29 is 23.7 Å². The number of rotatable bonds is 9. The summed E-state index contributed by atoms with van der Waals surface area (Å²) in [5.74, 6) is 1.63. The van der Waals surface area contributed by atoms with Crippen molar-refractivity contribution in [1.82, 2.24) is 10.2 Å². The molecule has 41 heavy (non-hydrogen) atoms. The molecule has 3 atom stereocenters. The van der Waals surface area contributed by atoms with Crippen molar-refractivity contribution in [2.24, 2.45) is 0 Å². The van der Waals surface area contributed by atoms with Crippen LogP contribution in [0, 0.1) is 0 Å². The number of carbonyl (C=O) groups excluding carboxylic acids is 1. The molecule has 1 N–H and O–H groups in total. The molecule has 3 aromatic rings. The Kier molecular flexibility index (Phi) is 9.15. The number of nitrogens with one attached hydrogen (secondary N) is 1. The lowest BCUT2D eigenvalue weighted by Gasteiger charge is -2.47. The van der Waals surface area contributed by atoms with Gasteiger partial charge >= 0.3 is 6.09 Å². The fourth-order valence-electron chi connectivity index (χ4n) is 5.94. The fourth-order valence-corrected chi connectivity index (χ4v) is 5.94. The number of benzene rings is 3. The number of nitrogens with zero attached hydrogens (tertiary/aromatic N) is 1. The number of amides is 1. The first-order valence-electron chi connectivity index (χ1n) is 14.5. The second-order valence-electron chi connectivity index (χ2n) is 11.9. The number of fused-ring (bicyclic) bond motifs is 3. The highest BCUT2D eigenvalue weighted by Gasteiger charge is 2.41. The van der Waals surface area contributed by atoms with Gasteiger partial charge in [0, 0.05) is 31.1 Å². The zero-order valence-corrected chi connectivity index (χ0v) is 24.6. The van der Waals surface area contributed by atoms with Crippen LogP contribution < -0.4 is 14.8 Å². The van der Waals surface area contributed by atoms with E-state index in [2.05, 4.69) is 58.7 Å². The van der Waals surface area contributed by atoms with E-state index >= 15 is 0 Å². The van der Waals surface area contributed by atoms with Gasteiger partial charge in [0.15, 0.2) is 11.5 Å². The van der Waals surface area contributed by atoms with E-state index < -0.39 is 5.60 Å². The van der Waals surface area contributed by atoms with Gasteiger partial charge in [0.1, 0.15) is 12.2 Å². The first-order valence-corrected chi connectivity index (χ1v) is 14.5. The van der Waals surface area contributed by atoms with E-state index in [0.717, 1.165) is 43.0 Å². The Hall–Kier alpha value is -3.55. The number of hydrogen-bond donors (Lipinski definition) is 1. The molecule has 1 amide bonds. The molecule has 7 nitrogen and oxygen atoms in total. The molecule has 2 aliphatic heterocycles. The molecule has 2 aliphatic rings. The lowest BCUT2D eigenvalue weighted by Crippen LogP contribution is -2.53. The predicted molar refractivity (Wildman–Crippen MR) is 160 cm³/mol. The van der Waals surface area contributed by atoms with Crippen LogP contribution in [-0.4, -0.2) is 56.0 Å².